The van der Waals surface area contributed by atoms with Gasteiger partial charge in [0.25, 0.3) is 0 Å². The highest BCUT2D eigenvalue weighted by Gasteiger charge is 2.29. The second-order valence-electron chi connectivity index (χ2n) is 7.86. The van der Waals surface area contributed by atoms with Crippen LogP contribution in [0, 0.1) is 0 Å². The molecule has 0 heterocycles. The highest BCUT2D eigenvalue weighted by atomic mass is 19.4. The summed E-state index contributed by atoms with van der Waals surface area (Å²) in [4.78, 5) is 10.2. The predicted molar refractivity (Wildman–Crippen MR) is 136 cm³/mol. The first-order valence-corrected chi connectivity index (χ1v) is 12.0. The van der Waals surface area contributed by atoms with E-state index in [2.05, 4.69) is 11.4 Å². The maximum atomic E-state index is 12.5. The molecule has 0 unspecified atom stereocenters. The summed E-state index contributed by atoms with van der Waals surface area (Å²) in [5.41, 5.74) is 2.11. The molecule has 2 aromatic rings. The van der Waals surface area contributed by atoms with Gasteiger partial charge in [-0.3, -0.25) is 0 Å². The molecule has 1 aliphatic rings. The van der Waals surface area contributed by atoms with Crippen molar-refractivity contribution >= 4 is 12.0 Å². The molecule has 0 fully saturated rings. The monoisotopic (exact) mass is 505 g/mol. The molecule has 2 aromatic carbocycles. The largest absolute Gasteiger partial charge is 0.501 e. The molecule has 0 aliphatic heterocycles. The first-order valence-electron chi connectivity index (χ1n) is 12.0. The van der Waals surface area contributed by atoms with E-state index in [0.29, 0.717) is 44.1 Å². The van der Waals surface area contributed by atoms with Gasteiger partial charge >= 0.3 is 6.18 Å². The molecule has 0 amide bonds. The van der Waals surface area contributed by atoms with Crippen molar-refractivity contribution in [2.24, 2.45) is 0 Å². The molecule has 36 heavy (non-hydrogen) atoms. The van der Waals surface area contributed by atoms with Gasteiger partial charge in [0.1, 0.15) is 6.29 Å². The molecule has 0 aromatic heterocycles. The van der Waals surface area contributed by atoms with Gasteiger partial charge in [-0.15, -0.1) is 0 Å². The summed E-state index contributed by atoms with van der Waals surface area (Å²) in [6.45, 7) is 5.51. The SMILES string of the molecule is CCOc1ccc(NCCc2ccc(C(F)(F)F)cc2)cc1OCC.COC1=C(CC=O)C=CCC1. The van der Waals surface area contributed by atoms with Gasteiger partial charge in [0.15, 0.2) is 11.5 Å². The number of halogens is 3. The quantitative estimate of drug-likeness (QED) is 0.334. The molecule has 0 radical (unpaired) electrons. The summed E-state index contributed by atoms with van der Waals surface area (Å²) in [5.74, 6) is 2.32. The first kappa shape index (κ1) is 28.8. The minimum absolute atomic E-state index is 0.472. The molecule has 0 bridgehead atoms. The summed E-state index contributed by atoms with van der Waals surface area (Å²) in [7, 11) is 1.65. The molecule has 196 valence electrons. The molecule has 0 spiro atoms. The minimum atomic E-state index is -4.30. The zero-order valence-corrected chi connectivity index (χ0v) is 21.0. The summed E-state index contributed by atoms with van der Waals surface area (Å²) in [5, 5.41) is 3.25. The van der Waals surface area contributed by atoms with Crippen LogP contribution in [0.4, 0.5) is 18.9 Å². The highest BCUT2D eigenvalue weighted by molar-refractivity contribution is 5.57. The van der Waals surface area contributed by atoms with Gasteiger partial charge in [-0.2, -0.15) is 13.2 Å². The Bertz CT molecular complexity index is 1010. The topological polar surface area (TPSA) is 56.8 Å². The minimum Gasteiger partial charge on any atom is -0.501 e. The third-order valence-electron chi connectivity index (χ3n) is 5.33. The van der Waals surface area contributed by atoms with Crippen LogP contribution in [0.5, 0.6) is 11.5 Å². The van der Waals surface area contributed by atoms with Crippen LogP contribution in [0.2, 0.25) is 0 Å². The summed E-state index contributed by atoms with van der Waals surface area (Å²) >= 11 is 0. The summed E-state index contributed by atoms with van der Waals surface area (Å²) < 4.78 is 53.8. The average molecular weight is 506 g/mol. The van der Waals surface area contributed by atoms with Crippen molar-refractivity contribution in [1.29, 1.82) is 0 Å². The van der Waals surface area contributed by atoms with Gasteiger partial charge in [-0.1, -0.05) is 24.3 Å². The number of allylic oxidation sites excluding steroid dienone is 4. The number of anilines is 1. The number of aldehydes is 1. The Kier molecular flexibility index (Phi) is 11.9. The fourth-order valence-electron chi connectivity index (χ4n) is 3.57. The molecular weight excluding hydrogens is 471 g/mol. The van der Waals surface area contributed by atoms with E-state index < -0.39 is 11.7 Å². The number of rotatable bonds is 11. The Labute approximate surface area is 210 Å². The smallest absolute Gasteiger partial charge is 0.416 e. The fraction of sp³-hybridized carbons (Fsp3) is 0.393. The molecule has 8 heteroatoms. The van der Waals surface area contributed by atoms with Crippen LogP contribution in [0.15, 0.2) is 65.9 Å². The maximum Gasteiger partial charge on any atom is 0.416 e. The molecular formula is C28H34F3NO4. The fourth-order valence-corrected chi connectivity index (χ4v) is 3.57. The second kappa shape index (κ2) is 14.9. The number of hydrogen-bond donors (Lipinski definition) is 1. The van der Waals surface area contributed by atoms with E-state index in [1.807, 2.05) is 38.1 Å². The number of benzene rings is 2. The Morgan fingerprint density at radius 2 is 1.69 bits per heavy atom. The number of carbonyl (C=O) groups excluding carboxylic acids is 1. The first-order chi connectivity index (χ1) is 17.3. The van der Waals surface area contributed by atoms with Crippen LogP contribution in [-0.4, -0.2) is 33.2 Å². The van der Waals surface area contributed by atoms with Crippen molar-refractivity contribution in [3.05, 3.63) is 77.1 Å². The van der Waals surface area contributed by atoms with Crippen LogP contribution in [0.1, 0.15) is 44.2 Å². The van der Waals surface area contributed by atoms with Crippen molar-refractivity contribution < 1.29 is 32.2 Å². The van der Waals surface area contributed by atoms with E-state index in [1.54, 1.807) is 7.11 Å². The number of ether oxygens (including phenoxy) is 3. The lowest BCUT2D eigenvalue weighted by Gasteiger charge is -2.13. The number of carbonyl (C=O) groups is 1. The zero-order valence-electron chi connectivity index (χ0n) is 21.0. The highest BCUT2D eigenvalue weighted by Crippen LogP contribution is 2.31. The van der Waals surface area contributed by atoms with Crippen molar-refractivity contribution in [2.75, 3.05) is 32.2 Å². The van der Waals surface area contributed by atoms with Crippen LogP contribution >= 0.6 is 0 Å². The standard InChI is InChI=1S/C19H22F3NO2.C9H12O2/c1-3-24-17-10-9-16(13-18(17)25-4-2)23-12-11-14-5-7-15(8-6-14)19(20,21)22;1-11-9-5-3-2-4-8(9)6-7-10/h5-10,13,23H,3-4,11-12H2,1-2H3;2,4,7H,3,5-6H2,1H3. The van der Waals surface area contributed by atoms with Crippen LogP contribution in [0.3, 0.4) is 0 Å². The van der Waals surface area contributed by atoms with E-state index in [9.17, 15) is 18.0 Å². The van der Waals surface area contributed by atoms with Crippen molar-refractivity contribution in [2.45, 2.75) is 45.7 Å². The molecule has 0 saturated carbocycles. The van der Waals surface area contributed by atoms with Crippen LogP contribution < -0.4 is 14.8 Å². The molecule has 0 saturated heterocycles. The van der Waals surface area contributed by atoms with Gasteiger partial charge < -0.3 is 24.3 Å². The number of alkyl halides is 3. The Balaban J connectivity index is 0.000000346. The lowest BCUT2D eigenvalue weighted by molar-refractivity contribution is -0.137. The normalized spacial score (nSPS) is 12.9. The lowest BCUT2D eigenvalue weighted by atomic mass is 10.0. The summed E-state index contributed by atoms with van der Waals surface area (Å²) in [6.07, 6.45) is 3.69. The third-order valence-corrected chi connectivity index (χ3v) is 5.33. The van der Waals surface area contributed by atoms with Crippen molar-refractivity contribution in [3.8, 4) is 11.5 Å². The zero-order chi connectivity index (χ0) is 26.4. The molecule has 5 nitrogen and oxygen atoms in total. The van der Waals surface area contributed by atoms with E-state index in [0.717, 1.165) is 53.8 Å². The Hall–Kier alpha value is -3.42. The number of nitrogens with one attached hydrogen (secondary N) is 1. The van der Waals surface area contributed by atoms with E-state index in [-0.39, 0.29) is 0 Å². The number of hydrogen-bond acceptors (Lipinski definition) is 5. The summed E-state index contributed by atoms with van der Waals surface area (Å²) in [6, 6.07) is 10.8. The van der Waals surface area contributed by atoms with Crippen LogP contribution in [0.25, 0.3) is 0 Å². The molecule has 1 N–H and O–H groups in total. The molecule has 1 aliphatic carbocycles. The third kappa shape index (κ3) is 9.32. The van der Waals surface area contributed by atoms with Crippen molar-refractivity contribution in [3.63, 3.8) is 0 Å². The average Bonchev–Trinajstić information content (AvgIpc) is 2.86. The van der Waals surface area contributed by atoms with Gasteiger partial charge in [-0.25, -0.2) is 0 Å². The lowest BCUT2D eigenvalue weighted by Crippen LogP contribution is -2.07. The van der Waals surface area contributed by atoms with E-state index in [4.69, 9.17) is 14.2 Å². The Morgan fingerprint density at radius 3 is 2.31 bits per heavy atom. The second-order valence-corrected chi connectivity index (χ2v) is 7.86. The van der Waals surface area contributed by atoms with Crippen LogP contribution in [-0.2, 0) is 22.1 Å². The maximum absolute atomic E-state index is 12.5. The van der Waals surface area contributed by atoms with E-state index >= 15 is 0 Å². The van der Waals surface area contributed by atoms with Crippen molar-refractivity contribution in [1.82, 2.24) is 0 Å². The van der Waals surface area contributed by atoms with Gasteiger partial charge in [0.2, 0.25) is 0 Å². The number of methoxy groups -OCH3 is 1. The van der Waals surface area contributed by atoms with Gasteiger partial charge in [-0.05, 0) is 62.1 Å². The molecule has 3 rings (SSSR count). The molecule has 0 atom stereocenters. The van der Waals surface area contributed by atoms with E-state index in [1.165, 1.54) is 12.1 Å². The van der Waals surface area contributed by atoms with Gasteiger partial charge in [0.05, 0.1) is 31.6 Å². The predicted octanol–water partition coefficient (Wildman–Crippen LogP) is 6.98. The van der Waals surface area contributed by atoms with Gasteiger partial charge in [0, 0.05) is 31.1 Å². The Morgan fingerprint density at radius 1 is 1.00 bits per heavy atom.